The van der Waals surface area contributed by atoms with Gasteiger partial charge in [0.1, 0.15) is 24.4 Å². The summed E-state index contributed by atoms with van der Waals surface area (Å²) in [7, 11) is 1.47. The van der Waals surface area contributed by atoms with Crippen LogP contribution in [0.5, 0.6) is 0 Å². The lowest BCUT2D eigenvalue weighted by atomic mass is 9.95. The zero-order valence-corrected chi connectivity index (χ0v) is 15.4. The molecule has 0 bridgehead atoms. The molecule has 1 amide bonds. The summed E-state index contributed by atoms with van der Waals surface area (Å²) >= 11 is 0. The molecule has 2 fully saturated rings. The maximum Gasteiger partial charge on any atom is 0.251 e. The molecule has 0 saturated carbocycles. The van der Waals surface area contributed by atoms with Crippen molar-refractivity contribution in [2.24, 2.45) is 0 Å². The second kappa shape index (κ2) is 8.38. The molecule has 2 aliphatic heterocycles. The Bertz CT molecular complexity index is 786. The van der Waals surface area contributed by atoms with E-state index in [1.807, 2.05) is 36.4 Å². The van der Waals surface area contributed by atoms with Gasteiger partial charge in [-0.15, -0.1) is 0 Å². The van der Waals surface area contributed by atoms with Gasteiger partial charge in [-0.25, -0.2) is 0 Å². The first-order valence-electron chi connectivity index (χ1n) is 9.21. The molecular formula is C21H23NO6. The van der Waals surface area contributed by atoms with Gasteiger partial charge in [0.05, 0.1) is 6.61 Å². The highest BCUT2D eigenvalue weighted by atomic mass is 16.7. The van der Waals surface area contributed by atoms with Crippen LogP contribution in [0.15, 0.2) is 60.7 Å². The number of hydrogen-bond acceptors (Lipinski definition) is 6. The van der Waals surface area contributed by atoms with Gasteiger partial charge in [0.25, 0.3) is 5.91 Å². The van der Waals surface area contributed by atoms with Crippen molar-refractivity contribution in [2.45, 2.75) is 36.9 Å². The number of aliphatic hydroxyl groups is 1. The van der Waals surface area contributed by atoms with Crippen molar-refractivity contribution >= 4 is 5.91 Å². The number of fused-ring (bicyclic) bond motifs is 1. The van der Waals surface area contributed by atoms with Crippen LogP contribution in [0.4, 0.5) is 0 Å². The van der Waals surface area contributed by atoms with Crippen molar-refractivity contribution < 1.29 is 28.8 Å². The first-order chi connectivity index (χ1) is 13.7. The lowest BCUT2D eigenvalue weighted by molar-refractivity contribution is -0.340. The molecule has 0 radical (unpaired) electrons. The Labute approximate surface area is 163 Å². The van der Waals surface area contributed by atoms with Crippen molar-refractivity contribution in [3.63, 3.8) is 0 Å². The number of ether oxygens (including phenoxy) is 4. The van der Waals surface area contributed by atoms with E-state index in [1.165, 1.54) is 7.11 Å². The summed E-state index contributed by atoms with van der Waals surface area (Å²) < 4.78 is 23.0. The number of rotatable bonds is 4. The van der Waals surface area contributed by atoms with E-state index in [-0.39, 0.29) is 12.5 Å². The largest absolute Gasteiger partial charge is 0.388 e. The average Bonchev–Trinajstić information content (AvgIpc) is 2.76. The van der Waals surface area contributed by atoms with Crippen molar-refractivity contribution in [2.75, 3.05) is 13.7 Å². The van der Waals surface area contributed by atoms with Crippen LogP contribution in [0.1, 0.15) is 22.2 Å². The molecule has 0 spiro atoms. The number of hydrogen-bond donors (Lipinski definition) is 2. The van der Waals surface area contributed by atoms with Crippen LogP contribution in [0.25, 0.3) is 0 Å². The fourth-order valence-corrected chi connectivity index (χ4v) is 3.55. The monoisotopic (exact) mass is 385 g/mol. The van der Waals surface area contributed by atoms with Crippen molar-refractivity contribution in [1.82, 2.24) is 5.32 Å². The zero-order valence-electron chi connectivity index (χ0n) is 15.4. The molecule has 2 aliphatic rings. The molecule has 2 aromatic rings. The zero-order chi connectivity index (χ0) is 19.5. The highest BCUT2D eigenvalue weighted by molar-refractivity contribution is 5.94. The molecule has 2 N–H and O–H groups in total. The van der Waals surface area contributed by atoms with Gasteiger partial charge in [-0.2, -0.15) is 0 Å². The Kier molecular flexibility index (Phi) is 5.70. The molecule has 2 heterocycles. The number of aliphatic hydroxyl groups excluding tert-OH is 1. The summed E-state index contributed by atoms with van der Waals surface area (Å²) in [5.41, 5.74) is 1.34. The highest BCUT2D eigenvalue weighted by Gasteiger charge is 2.50. The van der Waals surface area contributed by atoms with Gasteiger partial charge in [0.15, 0.2) is 12.6 Å². The van der Waals surface area contributed by atoms with Gasteiger partial charge in [-0.3, -0.25) is 4.79 Å². The number of carbonyl (C=O) groups excluding carboxylic acids is 1. The molecule has 2 saturated heterocycles. The first kappa shape index (κ1) is 19.0. The van der Waals surface area contributed by atoms with Crippen LogP contribution >= 0.6 is 0 Å². The molecule has 0 aliphatic carbocycles. The summed E-state index contributed by atoms with van der Waals surface area (Å²) in [5, 5.41) is 13.8. The average molecular weight is 385 g/mol. The fourth-order valence-electron chi connectivity index (χ4n) is 3.55. The Morgan fingerprint density at radius 3 is 2.43 bits per heavy atom. The van der Waals surface area contributed by atoms with E-state index < -0.39 is 36.9 Å². The van der Waals surface area contributed by atoms with Crippen LogP contribution in [0, 0.1) is 0 Å². The maximum atomic E-state index is 12.6. The normalized spacial score (nSPS) is 32.4. The third-order valence-electron chi connectivity index (χ3n) is 5.00. The first-order valence-corrected chi connectivity index (χ1v) is 9.21. The minimum absolute atomic E-state index is 0.250. The summed E-state index contributed by atoms with van der Waals surface area (Å²) in [6.45, 7) is 0.250. The lowest BCUT2D eigenvalue weighted by Crippen LogP contribution is -2.66. The Balaban J connectivity index is 1.50. The molecule has 7 nitrogen and oxygen atoms in total. The summed E-state index contributed by atoms with van der Waals surface area (Å²) in [6, 6.07) is 17.5. The second-order valence-electron chi connectivity index (χ2n) is 6.81. The van der Waals surface area contributed by atoms with Crippen LogP contribution < -0.4 is 5.32 Å². The van der Waals surface area contributed by atoms with Crippen molar-refractivity contribution in [1.29, 1.82) is 0 Å². The number of amides is 1. The quantitative estimate of drug-likeness (QED) is 0.832. The van der Waals surface area contributed by atoms with Gasteiger partial charge in [-0.1, -0.05) is 48.5 Å². The second-order valence-corrected chi connectivity index (χ2v) is 6.81. The number of benzene rings is 2. The van der Waals surface area contributed by atoms with Gasteiger partial charge >= 0.3 is 0 Å². The van der Waals surface area contributed by atoms with E-state index in [1.54, 1.807) is 24.3 Å². The Morgan fingerprint density at radius 1 is 1.07 bits per heavy atom. The molecule has 7 heteroatoms. The summed E-state index contributed by atoms with van der Waals surface area (Å²) in [6.07, 6.45) is -3.60. The van der Waals surface area contributed by atoms with Gasteiger partial charge in [0.2, 0.25) is 0 Å². The van der Waals surface area contributed by atoms with Gasteiger partial charge in [0, 0.05) is 18.2 Å². The lowest BCUT2D eigenvalue weighted by Gasteiger charge is -2.47. The van der Waals surface area contributed by atoms with E-state index in [9.17, 15) is 9.90 Å². The van der Waals surface area contributed by atoms with Crippen LogP contribution in [0.3, 0.4) is 0 Å². The third kappa shape index (κ3) is 3.80. The standard InChI is InChI=1S/C21H23NO6/c1-25-21-16(22-19(24)13-8-4-2-5-9-13)17(23)18-15(27-21)12-26-20(28-18)14-10-6-3-7-11-14/h2-11,15-18,20-21,23H,12H2,1H3,(H,22,24)/t15-,16-,17+,18-,20+,21+/m1/s1. The van der Waals surface area contributed by atoms with Crippen LogP contribution in [-0.2, 0) is 18.9 Å². The molecule has 148 valence electrons. The predicted molar refractivity (Wildman–Crippen MR) is 99.4 cm³/mol. The summed E-state index contributed by atoms with van der Waals surface area (Å²) in [5.74, 6) is -0.319. The Hall–Kier alpha value is -2.29. The molecule has 2 aromatic carbocycles. The molecule has 0 unspecified atom stereocenters. The van der Waals surface area contributed by atoms with Crippen LogP contribution in [0.2, 0.25) is 0 Å². The number of nitrogens with one attached hydrogen (secondary N) is 1. The topological polar surface area (TPSA) is 86.2 Å². The van der Waals surface area contributed by atoms with Crippen molar-refractivity contribution in [3.8, 4) is 0 Å². The van der Waals surface area contributed by atoms with E-state index in [0.29, 0.717) is 5.56 Å². The molecule has 4 rings (SSSR count). The predicted octanol–water partition coefficient (Wildman–Crippen LogP) is 1.63. The molecule has 6 atom stereocenters. The maximum absolute atomic E-state index is 12.6. The molecule has 28 heavy (non-hydrogen) atoms. The SMILES string of the molecule is CO[C@H]1O[C@@H]2CO[C@H](c3ccccc3)O[C@H]2[C@@H](O)[C@H]1NC(=O)c1ccccc1. The summed E-state index contributed by atoms with van der Waals surface area (Å²) in [4.78, 5) is 12.6. The van der Waals surface area contributed by atoms with E-state index >= 15 is 0 Å². The van der Waals surface area contributed by atoms with Gasteiger partial charge < -0.3 is 29.4 Å². The van der Waals surface area contributed by atoms with E-state index in [2.05, 4.69) is 5.32 Å². The minimum Gasteiger partial charge on any atom is -0.388 e. The number of carbonyl (C=O) groups is 1. The van der Waals surface area contributed by atoms with Gasteiger partial charge in [-0.05, 0) is 12.1 Å². The Morgan fingerprint density at radius 2 is 1.75 bits per heavy atom. The number of methoxy groups -OCH3 is 1. The van der Waals surface area contributed by atoms with E-state index in [0.717, 1.165) is 5.56 Å². The smallest absolute Gasteiger partial charge is 0.251 e. The van der Waals surface area contributed by atoms with Crippen molar-refractivity contribution in [3.05, 3.63) is 71.8 Å². The molecule has 0 aromatic heterocycles. The third-order valence-corrected chi connectivity index (χ3v) is 5.00. The highest BCUT2D eigenvalue weighted by Crippen LogP contribution is 2.34. The van der Waals surface area contributed by atoms with Crippen LogP contribution in [-0.4, -0.2) is 55.4 Å². The molecular weight excluding hydrogens is 362 g/mol. The minimum atomic E-state index is -1.02. The van der Waals surface area contributed by atoms with E-state index in [4.69, 9.17) is 18.9 Å². The fraction of sp³-hybridized carbons (Fsp3) is 0.381.